The van der Waals surface area contributed by atoms with Gasteiger partial charge in [0.1, 0.15) is 17.5 Å². The molecule has 7 heteroatoms. The second-order valence-corrected chi connectivity index (χ2v) is 6.72. The molecule has 0 radical (unpaired) electrons. The number of halogens is 3. The highest BCUT2D eigenvalue weighted by molar-refractivity contribution is 5.95. The van der Waals surface area contributed by atoms with Crippen LogP contribution >= 0.6 is 0 Å². The summed E-state index contributed by atoms with van der Waals surface area (Å²) in [5, 5.41) is 10.00. The van der Waals surface area contributed by atoms with Gasteiger partial charge in [0, 0.05) is 30.1 Å². The summed E-state index contributed by atoms with van der Waals surface area (Å²) in [6, 6.07) is 11.3. The lowest BCUT2D eigenvalue weighted by molar-refractivity contribution is -0.137. The number of benzene rings is 3. The van der Waals surface area contributed by atoms with Gasteiger partial charge < -0.3 is 14.7 Å². The number of anilines is 2. The van der Waals surface area contributed by atoms with Crippen LogP contribution in [0.5, 0.6) is 5.75 Å². The van der Waals surface area contributed by atoms with Crippen molar-refractivity contribution in [3.8, 4) is 16.9 Å². The molecule has 4 nitrogen and oxygen atoms in total. The second-order valence-electron chi connectivity index (χ2n) is 6.72. The number of para-hydroxylation sites is 1. The van der Waals surface area contributed by atoms with Crippen molar-refractivity contribution in [2.45, 2.75) is 5.92 Å². The summed E-state index contributed by atoms with van der Waals surface area (Å²) < 4.78 is 48.5. The van der Waals surface area contributed by atoms with Gasteiger partial charge in [-0.15, -0.1) is 0 Å². The third-order valence-corrected chi connectivity index (χ3v) is 5.19. The molecule has 148 valence electrons. The van der Waals surface area contributed by atoms with Crippen molar-refractivity contribution in [3.63, 3.8) is 0 Å². The molecular formula is C22H16F3NO3. The number of hydrogen-bond acceptors (Lipinski definition) is 3. The molecule has 0 bridgehead atoms. The summed E-state index contributed by atoms with van der Waals surface area (Å²) in [7, 11) is 3.10. The average molecular weight is 399 g/mol. The third-order valence-electron chi connectivity index (χ3n) is 5.19. The molecule has 0 saturated carbocycles. The minimum Gasteiger partial charge on any atom is -0.497 e. The van der Waals surface area contributed by atoms with Crippen molar-refractivity contribution in [1.82, 2.24) is 0 Å². The largest absolute Gasteiger partial charge is 0.497 e. The molecule has 1 heterocycles. The molecule has 0 amide bonds. The van der Waals surface area contributed by atoms with Crippen LogP contribution < -0.4 is 9.64 Å². The van der Waals surface area contributed by atoms with Crippen LogP contribution in [0.3, 0.4) is 0 Å². The molecule has 1 N–H and O–H groups in total. The molecule has 0 aromatic heterocycles. The van der Waals surface area contributed by atoms with E-state index in [9.17, 15) is 23.1 Å². The summed E-state index contributed by atoms with van der Waals surface area (Å²) in [6.07, 6.45) is 0. The molecule has 0 aliphatic carbocycles. The van der Waals surface area contributed by atoms with Gasteiger partial charge in [0.15, 0.2) is 11.6 Å². The van der Waals surface area contributed by atoms with Crippen LogP contribution in [0, 0.1) is 17.5 Å². The van der Waals surface area contributed by atoms with Gasteiger partial charge in [-0.05, 0) is 35.4 Å². The number of rotatable bonds is 3. The number of carbonyl (C=O) groups is 1. The highest BCUT2D eigenvalue weighted by Crippen LogP contribution is 2.50. The maximum atomic E-state index is 14.7. The van der Waals surface area contributed by atoms with Crippen LogP contribution in [0.1, 0.15) is 17.0 Å². The summed E-state index contributed by atoms with van der Waals surface area (Å²) in [5.74, 6) is -5.72. The van der Waals surface area contributed by atoms with Crippen LogP contribution in [0.2, 0.25) is 0 Å². The highest BCUT2D eigenvalue weighted by atomic mass is 19.2. The second kappa shape index (κ2) is 6.84. The van der Waals surface area contributed by atoms with E-state index in [1.54, 1.807) is 42.3 Å². The third kappa shape index (κ3) is 2.81. The Morgan fingerprint density at radius 2 is 1.72 bits per heavy atom. The Balaban J connectivity index is 2.14. The van der Waals surface area contributed by atoms with Crippen LogP contribution in [0.4, 0.5) is 24.5 Å². The monoisotopic (exact) mass is 399 g/mol. The summed E-state index contributed by atoms with van der Waals surface area (Å²) in [5.41, 5.74) is 1.00. The van der Waals surface area contributed by atoms with Gasteiger partial charge in [0.25, 0.3) is 0 Å². The summed E-state index contributed by atoms with van der Waals surface area (Å²) in [6.45, 7) is 0. The summed E-state index contributed by atoms with van der Waals surface area (Å²) >= 11 is 0. The number of methoxy groups -OCH3 is 1. The summed E-state index contributed by atoms with van der Waals surface area (Å²) in [4.78, 5) is 14.0. The first-order chi connectivity index (χ1) is 13.8. The van der Waals surface area contributed by atoms with Gasteiger partial charge in [-0.2, -0.15) is 0 Å². The predicted octanol–water partition coefficient (Wildman–Crippen LogP) is 5.08. The predicted molar refractivity (Wildman–Crippen MR) is 102 cm³/mol. The van der Waals surface area contributed by atoms with Crippen molar-refractivity contribution in [2.75, 3.05) is 19.1 Å². The topological polar surface area (TPSA) is 49.8 Å². The van der Waals surface area contributed by atoms with E-state index < -0.39 is 34.9 Å². The van der Waals surface area contributed by atoms with E-state index in [4.69, 9.17) is 4.74 Å². The number of fused-ring (bicyclic) bond motifs is 2. The number of hydrogen-bond donors (Lipinski definition) is 1. The molecule has 0 spiro atoms. The lowest BCUT2D eigenvalue weighted by atomic mass is 9.80. The van der Waals surface area contributed by atoms with Gasteiger partial charge >= 0.3 is 5.97 Å². The Labute approximate surface area is 164 Å². The van der Waals surface area contributed by atoms with E-state index in [2.05, 4.69) is 0 Å². The van der Waals surface area contributed by atoms with Crippen molar-refractivity contribution in [1.29, 1.82) is 0 Å². The minimum atomic E-state index is -1.38. The zero-order valence-corrected chi connectivity index (χ0v) is 15.5. The Hall–Kier alpha value is -3.48. The van der Waals surface area contributed by atoms with Crippen molar-refractivity contribution in [2.24, 2.45) is 0 Å². The van der Waals surface area contributed by atoms with Gasteiger partial charge in [-0.3, -0.25) is 4.79 Å². The Bertz CT molecular complexity index is 1150. The van der Waals surface area contributed by atoms with E-state index in [-0.39, 0.29) is 16.9 Å². The molecule has 0 saturated heterocycles. The van der Waals surface area contributed by atoms with E-state index >= 15 is 0 Å². The zero-order chi connectivity index (χ0) is 20.9. The Kier molecular flexibility index (Phi) is 4.45. The smallest absolute Gasteiger partial charge is 0.315 e. The molecule has 0 fully saturated rings. The number of carboxylic acids is 1. The normalized spacial score (nSPS) is 14.9. The minimum absolute atomic E-state index is 0.0670. The molecule has 1 atom stereocenters. The van der Waals surface area contributed by atoms with Gasteiger partial charge in [-0.25, -0.2) is 13.2 Å². The van der Waals surface area contributed by atoms with E-state index in [0.717, 1.165) is 6.07 Å². The van der Waals surface area contributed by atoms with E-state index in [1.807, 2.05) is 0 Å². The van der Waals surface area contributed by atoms with Crippen molar-refractivity contribution in [3.05, 3.63) is 77.1 Å². The van der Waals surface area contributed by atoms with Gasteiger partial charge in [-0.1, -0.05) is 18.2 Å². The maximum Gasteiger partial charge on any atom is 0.315 e. The molecule has 3 aromatic rings. The number of ether oxygens (including phenoxy) is 1. The molecule has 1 aliphatic heterocycles. The fraction of sp³-hybridized carbons (Fsp3) is 0.136. The van der Waals surface area contributed by atoms with Gasteiger partial charge in [0.05, 0.1) is 12.7 Å². The highest BCUT2D eigenvalue weighted by Gasteiger charge is 2.37. The van der Waals surface area contributed by atoms with Crippen LogP contribution in [0.15, 0.2) is 48.5 Å². The fourth-order valence-corrected chi connectivity index (χ4v) is 3.87. The standard InChI is InChI=1S/C22H16F3NO3/c1-26-16-6-4-3-5-12(16)20(22(27)28)19-13(9-11(29-2)10-17(19)26)18-14(23)7-8-15(24)21(18)25/h3-10,20H,1-2H3,(H,27,28). The van der Waals surface area contributed by atoms with Crippen molar-refractivity contribution < 1.29 is 27.8 Å². The number of aliphatic carboxylic acids is 1. The molecule has 1 unspecified atom stereocenters. The van der Waals surface area contributed by atoms with E-state index in [0.29, 0.717) is 23.0 Å². The van der Waals surface area contributed by atoms with E-state index in [1.165, 1.54) is 13.2 Å². The Morgan fingerprint density at radius 1 is 1.03 bits per heavy atom. The number of carboxylic acid groups (broad SMARTS) is 1. The zero-order valence-electron chi connectivity index (χ0n) is 15.5. The van der Waals surface area contributed by atoms with Crippen molar-refractivity contribution >= 4 is 17.3 Å². The quantitative estimate of drug-likeness (QED) is 0.625. The first kappa shape index (κ1) is 18.9. The molecule has 4 rings (SSSR count). The molecule has 29 heavy (non-hydrogen) atoms. The van der Waals surface area contributed by atoms with Gasteiger partial charge in [0.2, 0.25) is 0 Å². The fourth-order valence-electron chi connectivity index (χ4n) is 3.87. The van der Waals surface area contributed by atoms with Crippen LogP contribution in [-0.4, -0.2) is 25.2 Å². The lowest BCUT2D eigenvalue weighted by Crippen LogP contribution is -2.26. The first-order valence-electron chi connectivity index (χ1n) is 8.76. The average Bonchev–Trinajstić information content (AvgIpc) is 2.71. The lowest BCUT2D eigenvalue weighted by Gasteiger charge is -2.35. The molecule has 3 aromatic carbocycles. The maximum absolute atomic E-state index is 14.7. The SMILES string of the molecule is COc1cc(-c2c(F)ccc(F)c2F)c2c(c1)N(C)c1ccccc1C2C(=O)O. The first-order valence-corrected chi connectivity index (χ1v) is 8.76. The molecule has 1 aliphatic rings. The van der Waals surface area contributed by atoms with Crippen LogP contribution in [0.25, 0.3) is 11.1 Å². The molecular weight excluding hydrogens is 383 g/mol. The van der Waals surface area contributed by atoms with Crippen LogP contribution in [-0.2, 0) is 4.79 Å². The Morgan fingerprint density at radius 3 is 2.41 bits per heavy atom. The number of nitrogens with zero attached hydrogens (tertiary/aromatic N) is 1.